The van der Waals surface area contributed by atoms with Gasteiger partial charge in [-0.3, -0.25) is 9.69 Å². The number of aromatic amines is 1. The van der Waals surface area contributed by atoms with Gasteiger partial charge in [-0.25, -0.2) is 0 Å². The maximum absolute atomic E-state index is 13.7. The van der Waals surface area contributed by atoms with Crippen LogP contribution in [0, 0.1) is 14.4 Å². The van der Waals surface area contributed by atoms with E-state index in [1.54, 1.807) is 17.9 Å². The number of aromatic hydroxyl groups is 1. The minimum absolute atomic E-state index is 0. The Morgan fingerprint density at radius 3 is 2.56 bits per heavy atom. The summed E-state index contributed by atoms with van der Waals surface area (Å²) in [5.74, 6) is 0.743. The fraction of sp³-hybridized carbons (Fsp3) is 0.344. The molecule has 2 atom stereocenters. The molecule has 4 aromatic rings. The van der Waals surface area contributed by atoms with Gasteiger partial charge in [0.25, 0.3) is 5.91 Å². The number of carbonyl (C=O) groups excluding carboxylic acids is 1. The molecular weight excluding hydrogens is 615 g/mol. The first-order chi connectivity index (χ1) is 19.0. The largest absolute Gasteiger partial charge is 0.507 e. The van der Waals surface area contributed by atoms with Crippen molar-refractivity contribution >= 4 is 44.9 Å². The van der Waals surface area contributed by atoms with Gasteiger partial charge < -0.3 is 38.8 Å². The molecule has 0 bridgehead atoms. The molecule has 3 heterocycles. The Hall–Kier alpha value is -2.16. The molecule has 2 aliphatic rings. The Bertz CT molecular complexity index is 1470. The number of alkyl halides is 1. The van der Waals surface area contributed by atoms with Crippen molar-refractivity contribution in [3.63, 3.8) is 0 Å². The maximum atomic E-state index is 13.7. The topological polar surface area (TPSA) is 78.0 Å². The Balaban J connectivity index is 0.00000113. The van der Waals surface area contributed by atoms with Gasteiger partial charge in [0.2, 0.25) is 0 Å². The first-order valence-electron chi connectivity index (χ1n) is 13.5. The molecule has 1 radical (unpaired) electrons. The molecule has 7 nitrogen and oxygen atoms in total. The number of carbonyl (C=O) groups is 1. The van der Waals surface area contributed by atoms with Gasteiger partial charge in [0.05, 0.1) is 18.9 Å². The van der Waals surface area contributed by atoms with E-state index >= 15 is 0 Å². The van der Waals surface area contributed by atoms with Crippen LogP contribution in [-0.4, -0.2) is 72.3 Å². The van der Waals surface area contributed by atoms with Crippen LogP contribution in [0.1, 0.15) is 35.8 Å². The summed E-state index contributed by atoms with van der Waals surface area (Å²) in [5, 5.41) is 13.2. The number of aromatic nitrogens is 1. The first-order valence-corrected chi connectivity index (χ1v) is 13.9. The minimum Gasteiger partial charge on any atom is -0.507 e. The number of phenolic OH excluding ortho intramolecular Hbond substituents is 1. The van der Waals surface area contributed by atoms with E-state index in [1.807, 2.05) is 55.5 Å². The number of phenols is 1. The predicted molar refractivity (Wildman–Crippen MR) is 164 cm³/mol. The summed E-state index contributed by atoms with van der Waals surface area (Å²) in [6, 6.07) is 17.1. The standard InChI is InChI=1S/C29H30ClN3O4.C2H5.CH3.Y/c1-18(30)23-17-33(26-16-27(34)21-4-2-3-5-22(21)28(23)26)29(35)25-15-19-14-20(6-7-24(19)31-25)37-13-10-32-8-11-36-12-9-32;1-2;;/h2-7,14-16,18,23,31,34H,8-13,17H2,1H3;1H2,2H3;1H3;/q;2*-1;/t18-,23+;;;/m1.../s1. The number of halogens is 1. The summed E-state index contributed by atoms with van der Waals surface area (Å²) in [7, 11) is 0. The molecule has 1 fully saturated rings. The van der Waals surface area contributed by atoms with E-state index < -0.39 is 0 Å². The van der Waals surface area contributed by atoms with E-state index in [4.69, 9.17) is 21.1 Å². The third-order valence-corrected chi connectivity index (χ3v) is 7.79. The molecule has 0 spiro atoms. The van der Waals surface area contributed by atoms with Gasteiger partial charge in [-0.05, 0) is 42.1 Å². The summed E-state index contributed by atoms with van der Waals surface area (Å²) < 4.78 is 11.4. The van der Waals surface area contributed by atoms with Crippen LogP contribution in [0.3, 0.4) is 0 Å². The first kappa shape index (κ1) is 33.3. The third-order valence-electron chi connectivity index (χ3n) is 7.49. The molecule has 1 saturated heterocycles. The Labute approximate surface area is 273 Å². The van der Waals surface area contributed by atoms with Crippen molar-refractivity contribution in [2.75, 3.05) is 50.9 Å². The van der Waals surface area contributed by atoms with Crippen LogP contribution in [0.25, 0.3) is 21.7 Å². The normalized spacial score (nSPS) is 17.2. The van der Waals surface area contributed by atoms with Crippen LogP contribution in [0.15, 0.2) is 54.6 Å². The van der Waals surface area contributed by atoms with Crippen LogP contribution in [0.5, 0.6) is 11.5 Å². The average Bonchev–Trinajstić information content (AvgIpc) is 3.56. The Morgan fingerprint density at radius 2 is 1.85 bits per heavy atom. The summed E-state index contributed by atoms with van der Waals surface area (Å²) in [4.78, 5) is 21.1. The molecule has 41 heavy (non-hydrogen) atoms. The van der Waals surface area contributed by atoms with Crippen molar-refractivity contribution in [3.8, 4) is 11.5 Å². The number of rotatable bonds is 6. The van der Waals surface area contributed by atoms with Crippen LogP contribution in [0.4, 0.5) is 5.69 Å². The van der Waals surface area contributed by atoms with Gasteiger partial charge in [0, 0.05) is 92.5 Å². The summed E-state index contributed by atoms with van der Waals surface area (Å²) in [6.45, 7) is 12.3. The number of amides is 1. The van der Waals surface area contributed by atoms with E-state index in [9.17, 15) is 9.90 Å². The van der Waals surface area contributed by atoms with E-state index in [-0.39, 0.29) is 63.1 Å². The maximum Gasteiger partial charge on any atom is 0.274 e. The molecular formula is C32H38ClN3O4Y-2. The molecule has 0 aliphatic carbocycles. The Kier molecular flexibility index (Phi) is 12.1. The summed E-state index contributed by atoms with van der Waals surface area (Å²) >= 11 is 6.61. The van der Waals surface area contributed by atoms with Gasteiger partial charge in [0.1, 0.15) is 23.8 Å². The second kappa shape index (κ2) is 14.8. The zero-order valence-electron chi connectivity index (χ0n) is 24.0. The van der Waals surface area contributed by atoms with Crippen LogP contribution in [-0.2, 0) is 37.4 Å². The number of H-pyrrole nitrogens is 1. The molecule has 3 aromatic carbocycles. The number of morpholine rings is 1. The number of ether oxygens (including phenoxy) is 2. The van der Waals surface area contributed by atoms with E-state index in [2.05, 4.69) is 16.8 Å². The van der Waals surface area contributed by atoms with Gasteiger partial charge in [-0.15, -0.1) is 11.6 Å². The molecule has 0 saturated carbocycles. The monoisotopic (exact) mass is 652 g/mol. The van der Waals surface area contributed by atoms with Crippen LogP contribution in [0.2, 0.25) is 0 Å². The molecule has 1 aromatic heterocycles. The number of hydrogen-bond acceptors (Lipinski definition) is 5. The van der Waals surface area contributed by atoms with Crippen LogP contribution >= 0.6 is 11.6 Å². The fourth-order valence-electron chi connectivity index (χ4n) is 5.51. The van der Waals surface area contributed by atoms with E-state index in [0.717, 1.165) is 65.8 Å². The molecule has 0 unspecified atom stereocenters. The smallest absolute Gasteiger partial charge is 0.274 e. The average molecular weight is 653 g/mol. The molecule has 2 aliphatic heterocycles. The van der Waals surface area contributed by atoms with Crippen molar-refractivity contribution in [3.05, 3.63) is 80.2 Å². The number of anilines is 1. The Morgan fingerprint density at radius 1 is 1.15 bits per heavy atom. The number of fused-ring (bicyclic) bond motifs is 4. The number of benzene rings is 3. The van der Waals surface area contributed by atoms with Crippen molar-refractivity contribution in [1.29, 1.82) is 0 Å². The van der Waals surface area contributed by atoms with Crippen molar-refractivity contribution < 1.29 is 52.1 Å². The van der Waals surface area contributed by atoms with Crippen molar-refractivity contribution in [2.45, 2.75) is 25.1 Å². The van der Waals surface area contributed by atoms with Crippen molar-refractivity contribution in [1.82, 2.24) is 9.88 Å². The molecule has 6 rings (SSSR count). The molecule has 1 amide bonds. The third kappa shape index (κ3) is 6.92. The number of hydrogen-bond donors (Lipinski definition) is 2. The van der Waals surface area contributed by atoms with Gasteiger partial charge >= 0.3 is 0 Å². The molecule has 9 heteroatoms. The van der Waals surface area contributed by atoms with E-state index in [0.29, 0.717) is 24.5 Å². The summed E-state index contributed by atoms with van der Waals surface area (Å²) in [5.41, 5.74) is 3.08. The van der Waals surface area contributed by atoms with Gasteiger partial charge in [-0.1, -0.05) is 24.3 Å². The van der Waals surface area contributed by atoms with Crippen LogP contribution < -0.4 is 9.64 Å². The van der Waals surface area contributed by atoms with Gasteiger partial charge in [-0.2, -0.15) is 6.92 Å². The fourth-order valence-corrected chi connectivity index (χ4v) is 5.72. The quantitative estimate of drug-likeness (QED) is 0.186. The van der Waals surface area contributed by atoms with E-state index in [1.165, 1.54) is 0 Å². The zero-order chi connectivity index (χ0) is 27.5. The number of nitrogens with zero attached hydrogens (tertiary/aromatic N) is 2. The minimum atomic E-state index is -0.176. The summed E-state index contributed by atoms with van der Waals surface area (Å²) in [6.07, 6.45) is 0. The van der Waals surface area contributed by atoms with Gasteiger partial charge in [0.15, 0.2) is 0 Å². The SMILES string of the molecule is C[C@@H](Cl)[C@@H]1CN(C(=O)c2cc3cc(OCCN4CCOCC4)ccc3[nH]2)c2cc(O)c3ccccc3c21.[CH2-]C.[CH3-].[Y]. The second-order valence-corrected chi connectivity index (χ2v) is 10.5. The number of nitrogens with one attached hydrogen (secondary N) is 1. The zero-order valence-corrected chi connectivity index (χ0v) is 27.6. The molecule has 217 valence electrons. The second-order valence-electron chi connectivity index (χ2n) is 9.81. The van der Waals surface area contributed by atoms with Crippen molar-refractivity contribution in [2.24, 2.45) is 0 Å². The predicted octanol–water partition coefficient (Wildman–Crippen LogP) is 6.40. The molecule has 2 N–H and O–H groups in total.